The number of amides is 2. The van der Waals surface area contributed by atoms with Crippen LogP contribution in [0, 0.1) is 0 Å². The van der Waals surface area contributed by atoms with Crippen LogP contribution in [0.1, 0.15) is 33.1 Å². The van der Waals surface area contributed by atoms with Gasteiger partial charge in [0.1, 0.15) is 12.3 Å². The zero-order valence-corrected chi connectivity index (χ0v) is 11.5. The maximum absolute atomic E-state index is 11.9. The maximum Gasteiger partial charge on any atom is 0.243 e. The van der Waals surface area contributed by atoms with Crippen molar-refractivity contribution in [1.29, 1.82) is 0 Å². The molecule has 0 saturated heterocycles. The van der Waals surface area contributed by atoms with Crippen molar-refractivity contribution in [3.05, 3.63) is 0 Å². The summed E-state index contributed by atoms with van der Waals surface area (Å²) in [5, 5.41) is 5.08. The van der Waals surface area contributed by atoms with E-state index < -0.39 is 24.0 Å². The lowest BCUT2D eigenvalue weighted by Crippen LogP contribution is -2.52. The Bertz CT molecular complexity index is 307. The van der Waals surface area contributed by atoms with Gasteiger partial charge in [0.05, 0.1) is 12.1 Å². The summed E-state index contributed by atoms with van der Waals surface area (Å²) in [6.07, 6.45) is 2.57. The SMILES string of the molecule is C[C@H](N)C(=O)N[C@@H](CCCCN)C(=O)N[C@@H](C)C=O. The van der Waals surface area contributed by atoms with Gasteiger partial charge in [-0.1, -0.05) is 0 Å². The van der Waals surface area contributed by atoms with Gasteiger partial charge < -0.3 is 26.9 Å². The predicted molar refractivity (Wildman–Crippen MR) is 72.2 cm³/mol. The molecule has 0 saturated carbocycles. The van der Waals surface area contributed by atoms with Crippen molar-refractivity contribution in [2.75, 3.05) is 6.54 Å². The van der Waals surface area contributed by atoms with Crippen LogP contribution in [0.15, 0.2) is 0 Å². The Morgan fingerprint density at radius 2 is 1.79 bits per heavy atom. The standard InChI is InChI=1S/C12H24N4O3/c1-8(7-17)15-12(19)10(5-3-4-6-13)16-11(18)9(2)14/h7-10H,3-6,13-14H2,1-2H3,(H,15,19)(H,16,18)/t8-,9-,10-/m0/s1. The van der Waals surface area contributed by atoms with Gasteiger partial charge in [0.2, 0.25) is 11.8 Å². The maximum atomic E-state index is 11.9. The zero-order chi connectivity index (χ0) is 14.8. The Hall–Kier alpha value is -1.47. The number of carbonyl (C=O) groups excluding carboxylic acids is 3. The van der Waals surface area contributed by atoms with Gasteiger partial charge in [-0.3, -0.25) is 9.59 Å². The topological polar surface area (TPSA) is 127 Å². The summed E-state index contributed by atoms with van der Waals surface area (Å²) in [7, 11) is 0. The fraction of sp³-hybridized carbons (Fsp3) is 0.750. The third-order valence-electron chi connectivity index (χ3n) is 2.57. The Morgan fingerprint density at radius 1 is 1.16 bits per heavy atom. The molecule has 7 heteroatoms. The number of unbranched alkanes of at least 4 members (excludes halogenated alkanes) is 1. The average Bonchev–Trinajstić information content (AvgIpc) is 2.37. The van der Waals surface area contributed by atoms with Gasteiger partial charge in [0.25, 0.3) is 0 Å². The van der Waals surface area contributed by atoms with E-state index >= 15 is 0 Å². The van der Waals surface area contributed by atoms with E-state index in [0.717, 1.165) is 6.42 Å². The molecular formula is C12H24N4O3. The summed E-state index contributed by atoms with van der Waals surface area (Å²) in [5.74, 6) is -0.780. The minimum Gasteiger partial charge on any atom is -0.345 e. The largest absolute Gasteiger partial charge is 0.345 e. The molecule has 0 aliphatic carbocycles. The normalized spacial score (nSPS) is 15.2. The van der Waals surface area contributed by atoms with Crippen LogP contribution >= 0.6 is 0 Å². The summed E-state index contributed by atoms with van der Waals surface area (Å²) < 4.78 is 0. The lowest BCUT2D eigenvalue weighted by atomic mass is 10.1. The number of nitrogens with two attached hydrogens (primary N) is 2. The molecule has 110 valence electrons. The van der Waals surface area contributed by atoms with Crippen LogP contribution in [-0.4, -0.2) is 42.8 Å². The first-order chi connectivity index (χ1) is 8.92. The second-order valence-electron chi connectivity index (χ2n) is 4.57. The molecule has 7 nitrogen and oxygen atoms in total. The molecule has 6 N–H and O–H groups in total. The Morgan fingerprint density at radius 3 is 2.26 bits per heavy atom. The van der Waals surface area contributed by atoms with Gasteiger partial charge in [0.15, 0.2) is 0 Å². The fourth-order valence-corrected chi connectivity index (χ4v) is 1.42. The molecule has 0 spiro atoms. The predicted octanol–water partition coefficient (Wildman–Crippen LogP) is -1.35. The first-order valence-corrected chi connectivity index (χ1v) is 6.44. The zero-order valence-electron chi connectivity index (χ0n) is 11.5. The van der Waals surface area contributed by atoms with Gasteiger partial charge in [-0.2, -0.15) is 0 Å². The highest BCUT2D eigenvalue weighted by atomic mass is 16.2. The van der Waals surface area contributed by atoms with Gasteiger partial charge in [0, 0.05) is 0 Å². The third-order valence-corrected chi connectivity index (χ3v) is 2.57. The molecule has 0 radical (unpaired) electrons. The van der Waals surface area contributed by atoms with Crippen molar-refractivity contribution in [3.8, 4) is 0 Å². The Balaban J connectivity index is 4.50. The van der Waals surface area contributed by atoms with E-state index in [1.807, 2.05) is 0 Å². The number of nitrogens with one attached hydrogen (secondary N) is 2. The lowest BCUT2D eigenvalue weighted by molar-refractivity contribution is -0.130. The highest BCUT2D eigenvalue weighted by Crippen LogP contribution is 2.02. The van der Waals surface area contributed by atoms with E-state index in [1.165, 1.54) is 6.92 Å². The first-order valence-electron chi connectivity index (χ1n) is 6.44. The summed E-state index contributed by atoms with van der Waals surface area (Å²) in [6, 6.07) is -1.96. The third kappa shape index (κ3) is 7.53. The summed E-state index contributed by atoms with van der Waals surface area (Å²) in [4.78, 5) is 34.0. The second-order valence-corrected chi connectivity index (χ2v) is 4.57. The van der Waals surface area contributed by atoms with Crippen LogP contribution in [0.25, 0.3) is 0 Å². The Kier molecular flexibility index (Phi) is 8.73. The molecule has 0 fully saturated rings. The molecular weight excluding hydrogens is 248 g/mol. The van der Waals surface area contributed by atoms with Crippen LogP contribution < -0.4 is 22.1 Å². The van der Waals surface area contributed by atoms with E-state index in [4.69, 9.17) is 11.5 Å². The first kappa shape index (κ1) is 17.5. The van der Waals surface area contributed by atoms with Crippen LogP contribution in [0.5, 0.6) is 0 Å². The summed E-state index contributed by atoms with van der Waals surface area (Å²) in [6.45, 7) is 3.63. The van der Waals surface area contributed by atoms with E-state index in [9.17, 15) is 14.4 Å². The van der Waals surface area contributed by atoms with Gasteiger partial charge in [-0.05, 0) is 39.7 Å². The molecule has 0 aliphatic heterocycles. The minimum atomic E-state index is -0.688. The number of aldehydes is 1. The van der Waals surface area contributed by atoms with Crippen LogP contribution in [0.2, 0.25) is 0 Å². The number of hydrogen-bond donors (Lipinski definition) is 4. The second kappa shape index (κ2) is 9.46. The monoisotopic (exact) mass is 272 g/mol. The lowest BCUT2D eigenvalue weighted by Gasteiger charge is -2.20. The molecule has 0 bridgehead atoms. The molecule has 19 heavy (non-hydrogen) atoms. The van der Waals surface area contributed by atoms with Gasteiger partial charge >= 0.3 is 0 Å². The molecule has 0 aromatic rings. The van der Waals surface area contributed by atoms with Crippen molar-refractivity contribution in [1.82, 2.24) is 10.6 Å². The number of carbonyl (C=O) groups is 3. The van der Waals surface area contributed by atoms with E-state index in [1.54, 1.807) is 6.92 Å². The molecule has 0 rings (SSSR count). The van der Waals surface area contributed by atoms with E-state index in [0.29, 0.717) is 25.7 Å². The van der Waals surface area contributed by atoms with E-state index in [-0.39, 0.29) is 5.91 Å². The number of rotatable bonds is 9. The average molecular weight is 272 g/mol. The fourth-order valence-electron chi connectivity index (χ4n) is 1.42. The quantitative estimate of drug-likeness (QED) is 0.305. The van der Waals surface area contributed by atoms with Crippen LogP contribution in [0.4, 0.5) is 0 Å². The summed E-state index contributed by atoms with van der Waals surface area (Å²) in [5.41, 5.74) is 10.8. The smallest absolute Gasteiger partial charge is 0.243 e. The molecule has 0 aliphatic rings. The van der Waals surface area contributed by atoms with Crippen molar-refractivity contribution in [3.63, 3.8) is 0 Å². The molecule has 0 aromatic carbocycles. The van der Waals surface area contributed by atoms with Crippen LogP contribution in [0.3, 0.4) is 0 Å². The van der Waals surface area contributed by atoms with Crippen molar-refractivity contribution < 1.29 is 14.4 Å². The highest BCUT2D eigenvalue weighted by molar-refractivity contribution is 5.90. The van der Waals surface area contributed by atoms with Crippen molar-refractivity contribution in [2.24, 2.45) is 11.5 Å². The Labute approximate surface area is 113 Å². The highest BCUT2D eigenvalue weighted by Gasteiger charge is 2.22. The van der Waals surface area contributed by atoms with Gasteiger partial charge in [-0.15, -0.1) is 0 Å². The van der Waals surface area contributed by atoms with Gasteiger partial charge in [-0.25, -0.2) is 0 Å². The van der Waals surface area contributed by atoms with E-state index in [2.05, 4.69) is 10.6 Å². The van der Waals surface area contributed by atoms with Crippen LogP contribution in [-0.2, 0) is 14.4 Å². The molecule has 2 amide bonds. The molecule has 3 atom stereocenters. The molecule has 0 aromatic heterocycles. The van der Waals surface area contributed by atoms with Crippen molar-refractivity contribution in [2.45, 2.75) is 51.2 Å². The summed E-state index contributed by atoms with van der Waals surface area (Å²) >= 11 is 0. The molecule has 0 heterocycles. The molecule has 0 unspecified atom stereocenters. The minimum absolute atomic E-state index is 0.384. The number of hydrogen-bond acceptors (Lipinski definition) is 5. The van der Waals surface area contributed by atoms with Crippen molar-refractivity contribution >= 4 is 18.1 Å².